The minimum Gasteiger partial charge on any atom is -0.394 e. The van der Waals surface area contributed by atoms with Gasteiger partial charge in [0.15, 0.2) is 0 Å². The average molecular weight is 1100 g/mol. The van der Waals surface area contributed by atoms with Crippen LogP contribution in [0.2, 0.25) is 0 Å². The van der Waals surface area contributed by atoms with Crippen LogP contribution in [-0.4, -0.2) is 34.9 Å². The number of carbonyl (C=O) groups is 1. The number of amides is 1. The van der Waals surface area contributed by atoms with E-state index in [4.69, 9.17) is 0 Å². The molecule has 0 aromatic rings. The van der Waals surface area contributed by atoms with Crippen LogP contribution in [0.25, 0.3) is 0 Å². The maximum absolute atomic E-state index is 12.5. The van der Waals surface area contributed by atoms with Crippen LogP contribution in [0.1, 0.15) is 296 Å². The average Bonchev–Trinajstić information content (AvgIpc) is 3.46. The summed E-state index contributed by atoms with van der Waals surface area (Å²) in [4.78, 5) is 12.5. The lowest BCUT2D eigenvalue weighted by Crippen LogP contribution is -2.45. The largest absolute Gasteiger partial charge is 0.394 e. The van der Waals surface area contributed by atoms with Crippen molar-refractivity contribution in [3.05, 3.63) is 158 Å². The quantitative estimate of drug-likeness (QED) is 0.0420. The molecule has 0 rings (SSSR count). The molecule has 0 saturated carbocycles. The summed E-state index contributed by atoms with van der Waals surface area (Å²) in [6, 6.07) is -0.660. The van der Waals surface area contributed by atoms with E-state index in [-0.39, 0.29) is 12.5 Å². The summed E-state index contributed by atoms with van der Waals surface area (Å²) in [6.45, 7) is 4.19. The lowest BCUT2D eigenvalue weighted by Gasteiger charge is -2.19. The van der Waals surface area contributed by atoms with Crippen LogP contribution in [-0.2, 0) is 4.79 Å². The molecule has 2 unspecified atom stereocenters. The Kier molecular flexibility index (Phi) is 65.8. The highest BCUT2D eigenvalue weighted by Gasteiger charge is 2.18. The highest BCUT2D eigenvalue weighted by molar-refractivity contribution is 5.76. The second kappa shape index (κ2) is 69.3. The first kappa shape index (κ1) is 76.0. The molecule has 0 aromatic carbocycles. The molecule has 454 valence electrons. The number of hydrogen-bond acceptors (Lipinski definition) is 3. The minimum atomic E-state index is -0.884. The van der Waals surface area contributed by atoms with Gasteiger partial charge in [-0.1, -0.05) is 326 Å². The molecule has 0 heterocycles. The molecule has 80 heavy (non-hydrogen) atoms. The van der Waals surface area contributed by atoms with E-state index in [1.165, 1.54) is 167 Å². The number of aliphatic hydroxyl groups is 2. The molecule has 2 atom stereocenters. The van der Waals surface area contributed by atoms with Gasteiger partial charge in [-0.05, 0) is 122 Å². The molecule has 0 spiro atoms. The van der Waals surface area contributed by atoms with E-state index in [1.54, 1.807) is 6.08 Å². The Morgan fingerprint density at radius 2 is 0.562 bits per heavy atom. The van der Waals surface area contributed by atoms with E-state index in [0.29, 0.717) is 6.42 Å². The highest BCUT2D eigenvalue weighted by atomic mass is 16.3. The topological polar surface area (TPSA) is 69.6 Å². The van der Waals surface area contributed by atoms with Crippen molar-refractivity contribution >= 4 is 5.91 Å². The lowest BCUT2D eigenvalue weighted by molar-refractivity contribution is -0.123. The Labute approximate surface area is 496 Å². The first-order valence-electron chi connectivity index (χ1n) is 33.7. The fourth-order valence-corrected chi connectivity index (χ4v) is 9.42. The zero-order chi connectivity index (χ0) is 57.6. The molecule has 3 N–H and O–H groups in total. The number of hydrogen-bond donors (Lipinski definition) is 3. The third kappa shape index (κ3) is 64.8. The van der Waals surface area contributed by atoms with Crippen molar-refractivity contribution in [2.45, 2.75) is 309 Å². The normalized spacial score (nSPS) is 13.8. The van der Waals surface area contributed by atoms with Gasteiger partial charge in [0.2, 0.25) is 5.91 Å². The number of nitrogens with one attached hydrogen (secondary N) is 1. The van der Waals surface area contributed by atoms with Gasteiger partial charge in [0.25, 0.3) is 0 Å². The van der Waals surface area contributed by atoms with E-state index in [0.717, 1.165) is 109 Å². The number of aliphatic hydroxyl groups excluding tert-OH is 2. The van der Waals surface area contributed by atoms with Crippen LogP contribution < -0.4 is 5.32 Å². The van der Waals surface area contributed by atoms with E-state index in [2.05, 4.69) is 165 Å². The first-order valence-corrected chi connectivity index (χ1v) is 33.7. The molecule has 0 aliphatic heterocycles. The van der Waals surface area contributed by atoms with Crippen molar-refractivity contribution in [1.82, 2.24) is 5.32 Å². The number of rotatable bonds is 60. The Balaban J connectivity index is 3.63. The molecule has 1 amide bonds. The van der Waals surface area contributed by atoms with Crippen molar-refractivity contribution < 1.29 is 15.0 Å². The second-order valence-corrected chi connectivity index (χ2v) is 22.1. The zero-order valence-electron chi connectivity index (χ0n) is 52.3. The number of carbonyl (C=O) groups excluding carboxylic acids is 1. The van der Waals surface area contributed by atoms with Gasteiger partial charge in [0.05, 0.1) is 18.8 Å². The third-order valence-electron chi connectivity index (χ3n) is 14.5. The SMILES string of the molecule is CC/C=C\C/C=C\C/C=C\C/C=C\C/C=C\C/C=C\C/C=C\C/C=C\C/C=C\C/C=C\CCCCCCCCCCCCC(=O)NC(CO)C(O)/C=C/CC/C=C/CC/C=C/CCCCCCCCCCCCCCCCCCC. The van der Waals surface area contributed by atoms with Gasteiger partial charge in [0, 0.05) is 6.42 Å². The number of unbranched alkanes of at least 4 members (excludes halogenated alkanes) is 29. The summed E-state index contributed by atoms with van der Waals surface area (Å²) in [6.07, 6.45) is 110. The maximum atomic E-state index is 12.5. The Hall–Kier alpha value is -3.99. The first-order chi connectivity index (χ1) is 39.7. The Morgan fingerprint density at radius 1 is 0.312 bits per heavy atom. The highest BCUT2D eigenvalue weighted by Crippen LogP contribution is 2.16. The fourth-order valence-electron chi connectivity index (χ4n) is 9.42. The molecule has 0 fully saturated rings. The van der Waals surface area contributed by atoms with Crippen molar-refractivity contribution in [2.75, 3.05) is 6.61 Å². The lowest BCUT2D eigenvalue weighted by atomic mass is 10.0. The predicted molar refractivity (Wildman–Crippen MR) is 358 cm³/mol. The summed E-state index contributed by atoms with van der Waals surface area (Å²) in [5.41, 5.74) is 0. The van der Waals surface area contributed by atoms with Crippen LogP contribution >= 0.6 is 0 Å². The molecule has 0 aliphatic carbocycles. The minimum absolute atomic E-state index is 0.0868. The van der Waals surface area contributed by atoms with E-state index in [9.17, 15) is 15.0 Å². The third-order valence-corrected chi connectivity index (χ3v) is 14.5. The van der Waals surface area contributed by atoms with Gasteiger partial charge in [-0.25, -0.2) is 0 Å². The van der Waals surface area contributed by atoms with Crippen molar-refractivity contribution in [2.24, 2.45) is 0 Å². The molecule has 0 aliphatic rings. The molecule has 0 saturated heterocycles. The standard InChI is InChI=1S/C76H127NO3/c1-3-5-7-9-11-13-15-17-19-21-23-25-27-29-31-32-33-34-35-36-37-38-39-40-41-42-43-44-46-48-50-52-54-56-58-60-62-64-66-68-70-72-76(80)77-74(73-78)75(79)71-69-67-65-63-61-59-57-55-53-51-49-47-45-30-28-26-24-22-20-18-16-14-12-10-8-6-4-2/h5,7,11,13,17,19,23,25,29,31,33-34,36-37,39-40,42-43,46,48,53,55,61,63,69,71,74-75,78-79H,3-4,6,8-10,12,14-16,18,20-22,24,26-28,30,32,35,38,41,44-45,47,49-52,54,56-60,62,64-68,70,72-73H2,1-2H3,(H,77,80)/b7-5-,13-11-,19-17-,25-23-,31-29-,34-33-,37-36-,40-39-,43-42-,48-46-,55-53+,63-61+,71-69+. The monoisotopic (exact) mass is 1100 g/mol. The van der Waals surface area contributed by atoms with Gasteiger partial charge < -0.3 is 15.5 Å². The van der Waals surface area contributed by atoms with E-state index in [1.807, 2.05) is 6.08 Å². The van der Waals surface area contributed by atoms with Crippen LogP contribution in [0.5, 0.6) is 0 Å². The fraction of sp³-hybridized carbons (Fsp3) is 0.645. The van der Waals surface area contributed by atoms with E-state index >= 15 is 0 Å². The molecule has 4 heteroatoms. The van der Waals surface area contributed by atoms with Gasteiger partial charge >= 0.3 is 0 Å². The van der Waals surface area contributed by atoms with Crippen molar-refractivity contribution in [3.63, 3.8) is 0 Å². The van der Waals surface area contributed by atoms with Gasteiger partial charge in [0.1, 0.15) is 0 Å². The van der Waals surface area contributed by atoms with Crippen LogP contribution in [0, 0.1) is 0 Å². The second-order valence-electron chi connectivity index (χ2n) is 22.1. The van der Waals surface area contributed by atoms with Crippen LogP contribution in [0.3, 0.4) is 0 Å². The maximum Gasteiger partial charge on any atom is 0.220 e. The zero-order valence-corrected chi connectivity index (χ0v) is 52.3. The van der Waals surface area contributed by atoms with Crippen molar-refractivity contribution in [1.29, 1.82) is 0 Å². The number of allylic oxidation sites excluding steroid dienone is 25. The van der Waals surface area contributed by atoms with E-state index < -0.39 is 12.1 Å². The molecule has 0 aromatic heterocycles. The molecule has 4 nitrogen and oxygen atoms in total. The van der Waals surface area contributed by atoms with Gasteiger partial charge in [-0.2, -0.15) is 0 Å². The smallest absolute Gasteiger partial charge is 0.220 e. The summed E-state index contributed by atoms with van der Waals surface area (Å²) in [5, 5.41) is 23.2. The molecule has 0 bridgehead atoms. The van der Waals surface area contributed by atoms with Gasteiger partial charge in [-0.15, -0.1) is 0 Å². The molecular weight excluding hydrogens is 975 g/mol. The predicted octanol–water partition coefficient (Wildman–Crippen LogP) is 23.3. The Morgan fingerprint density at radius 3 is 0.875 bits per heavy atom. The van der Waals surface area contributed by atoms with Crippen molar-refractivity contribution in [3.8, 4) is 0 Å². The van der Waals surface area contributed by atoms with Crippen LogP contribution in [0.15, 0.2) is 158 Å². The summed E-state index contributed by atoms with van der Waals surface area (Å²) < 4.78 is 0. The van der Waals surface area contributed by atoms with Crippen LogP contribution in [0.4, 0.5) is 0 Å². The summed E-state index contributed by atoms with van der Waals surface area (Å²) in [5.74, 6) is -0.0868. The summed E-state index contributed by atoms with van der Waals surface area (Å²) in [7, 11) is 0. The Bertz CT molecular complexity index is 1680. The molecule has 0 radical (unpaired) electrons. The molecular formula is C76H127NO3. The van der Waals surface area contributed by atoms with Gasteiger partial charge in [-0.3, -0.25) is 4.79 Å². The summed E-state index contributed by atoms with van der Waals surface area (Å²) >= 11 is 0.